The number of nitrogens with zero attached hydrogens (tertiary/aromatic N) is 2. The van der Waals surface area contributed by atoms with Crippen LogP contribution < -0.4 is 10.2 Å². The average molecular weight is 289 g/mol. The van der Waals surface area contributed by atoms with Crippen molar-refractivity contribution >= 4 is 17.5 Å². The van der Waals surface area contributed by atoms with Crippen LogP contribution in [0.1, 0.15) is 39.2 Å². The molecule has 1 aromatic heterocycles. The number of nitrogens with one attached hydrogen (secondary N) is 1. The topological polar surface area (TPSA) is 62.3 Å². The first-order valence-corrected chi connectivity index (χ1v) is 7.49. The van der Waals surface area contributed by atoms with E-state index < -0.39 is 12.1 Å². The Morgan fingerprint density at radius 2 is 2.10 bits per heavy atom. The number of aryl methyl sites for hydroxylation is 1. The van der Waals surface area contributed by atoms with Gasteiger partial charge in [0.2, 0.25) is 11.8 Å². The molecule has 1 aliphatic rings. The van der Waals surface area contributed by atoms with Crippen molar-refractivity contribution in [3.05, 3.63) is 24.0 Å². The molecule has 2 heterocycles. The molecule has 114 valence electrons. The quantitative estimate of drug-likeness (QED) is 0.922. The Balaban J connectivity index is 2.40. The first kappa shape index (κ1) is 15.5. The number of carbonyl (C=O) groups is 2. The molecule has 1 aromatic rings. The van der Waals surface area contributed by atoms with Gasteiger partial charge in [0.25, 0.3) is 0 Å². The number of hydrogen-bond acceptors (Lipinski definition) is 3. The summed E-state index contributed by atoms with van der Waals surface area (Å²) < 4.78 is 0. The van der Waals surface area contributed by atoms with Gasteiger partial charge in [-0.05, 0) is 37.3 Å². The normalized spacial score (nSPS) is 22.6. The summed E-state index contributed by atoms with van der Waals surface area (Å²) in [5, 5.41) is 2.87. The number of carbonyl (C=O) groups excluding carboxylic acids is 2. The smallest absolute Gasteiger partial charge is 0.250 e. The van der Waals surface area contributed by atoms with Crippen molar-refractivity contribution in [2.75, 3.05) is 4.90 Å². The van der Waals surface area contributed by atoms with E-state index in [2.05, 4.69) is 10.3 Å². The molecule has 0 radical (unpaired) electrons. The van der Waals surface area contributed by atoms with E-state index in [0.717, 1.165) is 11.3 Å². The molecule has 0 aliphatic carbocycles. The molecule has 1 N–H and O–H groups in total. The number of aromatic nitrogens is 1. The lowest BCUT2D eigenvalue weighted by Crippen LogP contribution is -2.63. The van der Waals surface area contributed by atoms with E-state index in [-0.39, 0.29) is 11.8 Å². The van der Waals surface area contributed by atoms with Crippen molar-refractivity contribution in [2.45, 2.75) is 52.6 Å². The predicted molar refractivity (Wildman–Crippen MR) is 81.9 cm³/mol. The fourth-order valence-corrected chi connectivity index (χ4v) is 2.76. The summed E-state index contributed by atoms with van der Waals surface area (Å²) in [7, 11) is 0. The second-order valence-electron chi connectivity index (χ2n) is 5.99. The molecule has 2 atom stereocenters. The van der Waals surface area contributed by atoms with Gasteiger partial charge in [0, 0.05) is 6.20 Å². The maximum atomic E-state index is 12.8. The summed E-state index contributed by atoms with van der Waals surface area (Å²) in [4.78, 5) is 30.9. The third kappa shape index (κ3) is 3.06. The van der Waals surface area contributed by atoms with Crippen LogP contribution in [0.2, 0.25) is 0 Å². The molecule has 0 aromatic carbocycles. The van der Waals surface area contributed by atoms with Gasteiger partial charge >= 0.3 is 0 Å². The first-order chi connectivity index (χ1) is 9.95. The molecule has 2 rings (SSSR count). The van der Waals surface area contributed by atoms with Crippen LogP contribution in [0.4, 0.5) is 5.69 Å². The summed E-state index contributed by atoms with van der Waals surface area (Å²) >= 11 is 0. The number of amides is 2. The van der Waals surface area contributed by atoms with E-state index in [1.165, 1.54) is 0 Å². The number of hydrogen-bond donors (Lipinski definition) is 1. The molecule has 2 amide bonds. The molecular formula is C16H23N3O2. The van der Waals surface area contributed by atoms with E-state index in [1.54, 1.807) is 17.3 Å². The van der Waals surface area contributed by atoms with Crippen LogP contribution in [0, 0.1) is 12.8 Å². The highest BCUT2D eigenvalue weighted by molar-refractivity contribution is 6.08. The molecular weight excluding hydrogens is 266 g/mol. The van der Waals surface area contributed by atoms with Gasteiger partial charge in [-0.25, -0.2) is 0 Å². The second kappa shape index (κ2) is 6.24. The van der Waals surface area contributed by atoms with Crippen LogP contribution >= 0.6 is 0 Å². The Hall–Kier alpha value is -1.91. The van der Waals surface area contributed by atoms with Gasteiger partial charge in [0.1, 0.15) is 12.1 Å². The highest BCUT2D eigenvalue weighted by atomic mass is 16.2. The molecule has 1 fully saturated rings. The largest absolute Gasteiger partial charge is 0.342 e. The third-order valence-corrected chi connectivity index (χ3v) is 3.83. The zero-order valence-corrected chi connectivity index (χ0v) is 13.1. The summed E-state index contributed by atoms with van der Waals surface area (Å²) in [5.74, 6) is 0.228. The van der Waals surface area contributed by atoms with Gasteiger partial charge in [-0.3, -0.25) is 19.5 Å². The Morgan fingerprint density at radius 1 is 1.38 bits per heavy atom. The highest BCUT2D eigenvalue weighted by Gasteiger charge is 2.41. The fraction of sp³-hybridized carbons (Fsp3) is 0.562. The summed E-state index contributed by atoms with van der Waals surface area (Å²) in [6.45, 7) is 7.94. The van der Waals surface area contributed by atoms with Crippen molar-refractivity contribution in [1.29, 1.82) is 0 Å². The number of anilines is 1. The maximum absolute atomic E-state index is 12.8. The summed E-state index contributed by atoms with van der Waals surface area (Å²) in [6, 6.07) is 0.961. The Morgan fingerprint density at radius 3 is 2.67 bits per heavy atom. The average Bonchev–Trinajstić information content (AvgIpc) is 2.42. The van der Waals surface area contributed by atoms with E-state index in [4.69, 9.17) is 0 Å². The van der Waals surface area contributed by atoms with E-state index in [1.807, 2.05) is 33.8 Å². The lowest BCUT2D eigenvalue weighted by molar-refractivity contribution is -0.134. The van der Waals surface area contributed by atoms with Crippen molar-refractivity contribution < 1.29 is 9.59 Å². The van der Waals surface area contributed by atoms with E-state index in [9.17, 15) is 9.59 Å². The monoisotopic (exact) mass is 289 g/mol. The van der Waals surface area contributed by atoms with Gasteiger partial charge < -0.3 is 5.32 Å². The lowest BCUT2D eigenvalue weighted by Gasteiger charge is -2.39. The number of pyridine rings is 1. The van der Waals surface area contributed by atoms with Crippen molar-refractivity contribution in [3.8, 4) is 0 Å². The number of piperazine rings is 1. The molecule has 0 saturated carbocycles. The third-order valence-electron chi connectivity index (χ3n) is 3.83. The van der Waals surface area contributed by atoms with Crippen LogP contribution in [0.25, 0.3) is 0 Å². The van der Waals surface area contributed by atoms with Gasteiger partial charge in [-0.2, -0.15) is 0 Å². The molecule has 1 saturated heterocycles. The summed E-state index contributed by atoms with van der Waals surface area (Å²) in [6.07, 6.45) is 4.60. The zero-order chi connectivity index (χ0) is 15.6. The van der Waals surface area contributed by atoms with Crippen LogP contribution in [-0.2, 0) is 9.59 Å². The minimum absolute atomic E-state index is 0.0359. The fourth-order valence-electron chi connectivity index (χ4n) is 2.76. The van der Waals surface area contributed by atoms with E-state index >= 15 is 0 Å². The minimum Gasteiger partial charge on any atom is -0.342 e. The minimum atomic E-state index is -0.455. The standard InChI is InChI=1S/C16H23N3O2/c1-5-13-15(20)18-12(8-10(2)3)16(21)19(13)14-9-17-7-6-11(14)4/h6-7,9-10,12-13H,5,8H2,1-4H3,(H,18,20). The lowest BCUT2D eigenvalue weighted by atomic mass is 9.96. The molecule has 0 bridgehead atoms. The molecule has 0 spiro atoms. The van der Waals surface area contributed by atoms with Gasteiger partial charge in [-0.15, -0.1) is 0 Å². The Bertz CT molecular complexity index is 542. The van der Waals surface area contributed by atoms with E-state index in [0.29, 0.717) is 18.8 Å². The molecule has 2 unspecified atom stereocenters. The predicted octanol–water partition coefficient (Wildman–Crippen LogP) is 2.05. The molecule has 5 heteroatoms. The SMILES string of the molecule is CCC1C(=O)NC(CC(C)C)C(=O)N1c1cnccc1C. The van der Waals surface area contributed by atoms with Crippen molar-refractivity contribution in [1.82, 2.24) is 10.3 Å². The van der Waals surface area contributed by atoms with Crippen LogP contribution in [0.3, 0.4) is 0 Å². The van der Waals surface area contributed by atoms with Crippen LogP contribution in [-0.4, -0.2) is 28.9 Å². The molecule has 1 aliphatic heterocycles. The van der Waals surface area contributed by atoms with Crippen molar-refractivity contribution in [2.24, 2.45) is 5.92 Å². The van der Waals surface area contributed by atoms with Gasteiger partial charge in [-0.1, -0.05) is 20.8 Å². The van der Waals surface area contributed by atoms with Gasteiger partial charge in [0.05, 0.1) is 11.9 Å². The van der Waals surface area contributed by atoms with Crippen molar-refractivity contribution in [3.63, 3.8) is 0 Å². The van der Waals surface area contributed by atoms with Crippen LogP contribution in [0.5, 0.6) is 0 Å². The molecule has 21 heavy (non-hydrogen) atoms. The second-order valence-corrected chi connectivity index (χ2v) is 5.99. The first-order valence-electron chi connectivity index (χ1n) is 7.49. The maximum Gasteiger partial charge on any atom is 0.250 e. The number of rotatable bonds is 4. The zero-order valence-electron chi connectivity index (χ0n) is 13.1. The summed E-state index contributed by atoms with van der Waals surface area (Å²) in [5.41, 5.74) is 1.69. The van der Waals surface area contributed by atoms with Crippen LogP contribution in [0.15, 0.2) is 18.5 Å². The molecule has 5 nitrogen and oxygen atoms in total. The van der Waals surface area contributed by atoms with Gasteiger partial charge in [0.15, 0.2) is 0 Å². The Labute approximate surface area is 125 Å². The highest BCUT2D eigenvalue weighted by Crippen LogP contribution is 2.26. The Kier molecular flexibility index (Phi) is 4.60.